The fourth-order valence-corrected chi connectivity index (χ4v) is 0.838. The number of benzene rings is 1. The molecule has 0 atom stereocenters. The molecule has 0 amide bonds. The Morgan fingerprint density at radius 3 is 1.71 bits per heavy atom. The van der Waals surface area contributed by atoms with Crippen molar-refractivity contribution in [2.75, 3.05) is 0 Å². The van der Waals surface area contributed by atoms with Crippen molar-refractivity contribution in [1.29, 1.82) is 0 Å². The van der Waals surface area contributed by atoms with E-state index in [-0.39, 0.29) is 29.6 Å². The Labute approximate surface area is 107 Å². The zero-order valence-corrected chi connectivity index (χ0v) is 10.9. The molecular formula is C10H15NaO3. The predicted octanol–water partition coefficient (Wildman–Crippen LogP) is -1.55. The first-order valence-corrected chi connectivity index (χ1v) is 3.83. The van der Waals surface area contributed by atoms with Gasteiger partial charge in [-0.05, 0) is 11.5 Å². The molecule has 0 aliphatic heterocycles. The summed E-state index contributed by atoms with van der Waals surface area (Å²) in [5, 5.41) is 13.0. The summed E-state index contributed by atoms with van der Waals surface area (Å²) in [4.78, 5) is 8.00. The van der Waals surface area contributed by atoms with Gasteiger partial charge in [0, 0.05) is 0 Å². The average Bonchev–Trinajstić information content (AvgIpc) is 2.25. The first-order chi connectivity index (χ1) is 6.30. The van der Waals surface area contributed by atoms with Gasteiger partial charge in [0.15, 0.2) is 0 Å². The van der Waals surface area contributed by atoms with E-state index in [0.717, 1.165) is 0 Å². The molecule has 0 fully saturated rings. The van der Waals surface area contributed by atoms with Gasteiger partial charge in [0.1, 0.15) is 6.79 Å². The third-order valence-corrected chi connectivity index (χ3v) is 1.47. The zero-order valence-electron chi connectivity index (χ0n) is 8.93. The minimum atomic E-state index is 0. The summed E-state index contributed by atoms with van der Waals surface area (Å²) in [5.74, 6) is 0.659. The Hall–Kier alpha value is -0.190. The summed E-state index contributed by atoms with van der Waals surface area (Å²) < 4.78 is 0. The number of rotatable bonds is 1. The number of carbonyl (C=O) groups excluding carboxylic acids is 1. The van der Waals surface area contributed by atoms with Crippen molar-refractivity contribution in [3.63, 3.8) is 0 Å². The van der Waals surface area contributed by atoms with E-state index in [2.05, 4.69) is 38.1 Å². The number of hydrogen-bond acceptors (Lipinski definition) is 3. The summed E-state index contributed by atoms with van der Waals surface area (Å²) in [7, 11) is 0. The second-order valence-electron chi connectivity index (χ2n) is 2.57. The van der Waals surface area contributed by atoms with Gasteiger partial charge in [0.05, 0.1) is 0 Å². The van der Waals surface area contributed by atoms with Crippen LogP contribution in [0.4, 0.5) is 0 Å². The summed E-state index contributed by atoms with van der Waals surface area (Å²) in [6, 6.07) is 10.5. The molecule has 3 nitrogen and oxygen atoms in total. The fraction of sp³-hybridized carbons (Fsp3) is 0.300. The molecule has 74 valence electrons. The van der Waals surface area contributed by atoms with Crippen molar-refractivity contribution in [3.8, 4) is 0 Å². The molecule has 0 saturated heterocycles. The predicted molar refractivity (Wildman–Crippen MR) is 50.3 cm³/mol. The van der Waals surface area contributed by atoms with E-state index in [9.17, 15) is 0 Å². The molecule has 0 radical (unpaired) electrons. The Morgan fingerprint density at radius 2 is 1.50 bits per heavy atom. The number of hydrogen-bond donors (Lipinski definition) is 1. The Morgan fingerprint density at radius 1 is 1.14 bits per heavy atom. The summed E-state index contributed by atoms with van der Waals surface area (Å²) in [6.45, 7) is 6.41. The molecule has 0 aromatic heterocycles. The fourth-order valence-electron chi connectivity index (χ4n) is 0.838. The van der Waals surface area contributed by atoms with E-state index in [4.69, 9.17) is 15.3 Å². The van der Waals surface area contributed by atoms with Crippen LogP contribution in [0.2, 0.25) is 0 Å². The van der Waals surface area contributed by atoms with E-state index in [1.807, 2.05) is 12.9 Å². The normalized spacial score (nSPS) is 7.21. The van der Waals surface area contributed by atoms with E-state index < -0.39 is 0 Å². The minimum Gasteiger partial charge on any atom is -0.727 e. The van der Waals surface area contributed by atoms with Crippen LogP contribution in [0.3, 0.4) is 0 Å². The number of carbonyl (C=O) groups is 1. The van der Waals surface area contributed by atoms with Crippen LogP contribution in [0.15, 0.2) is 30.3 Å². The smallest absolute Gasteiger partial charge is 0.727 e. The second kappa shape index (κ2) is 15.3. The Kier molecular flexibility index (Phi) is 21.2. The largest absolute Gasteiger partial charge is 1.00 e. The van der Waals surface area contributed by atoms with Gasteiger partial charge >= 0.3 is 29.6 Å². The SMILES string of the molecule is C=O.CC(C)c1ccccc1.[Na+].[O-]O. The molecule has 1 aromatic rings. The van der Waals surface area contributed by atoms with Crippen molar-refractivity contribution < 1.29 is 44.9 Å². The summed E-state index contributed by atoms with van der Waals surface area (Å²) in [6.07, 6.45) is 0. The molecule has 0 spiro atoms. The van der Waals surface area contributed by atoms with Crippen molar-refractivity contribution in [1.82, 2.24) is 0 Å². The molecule has 1 N–H and O–H groups in total. The third-order valence-electron chi connectivity index (χ3n) is 1.47. The van der Waals surface area contributed by atoms with Crippen LogP contribution in [0.5, 0.6) is 0 Å². The van der Waals surface area contributed by atoms with Gasteiger partial charge in [-0.15, -0.1) is 0 Å². The van der Waals surface area contributed by atoms with E-state index in [1.165, 1.54) is 5.56 Å². The molecule has 0 heterocycles. The molecule has 0 aliphatic rings. The van der Waals surface area contributed by atoms with Crippen molar-refractivity contribution in [3.05, 3.63) is 35.9 Å². The van der Waals surface area contributed by atoms with Crippen LogP contribution in [-0.2, 0) is 4.79 Å². The van der Waals surface area contributed by atoms with Gasteiger partial charge in [0.2, 0.25) is 0 Å². The maximum absolute atomic E-state index is 8.00. The van der Waals surface area contributed by atoms with Crippen molar-refractivity contribution >= 4 is 6.79 Å². The van der Waals surface area contributed by atoms with E-state index in [1.54, 1.807) is 0 Å². The van der Waals surface area contributed by atoms with Gasteiger partial charge in [-0.25, -0.2) is 0 Å². The van der Waals surface area contributed by atoms with Crippen LogP contribution in [0, 0.1) is 0 Å². The minimum absolute atomic E-state index is 0. The first kappa shape index (κ1) is 19.4. The first-order valence-electron chi connectivity index (χ1n) is 3.83. The standard InChI is InChI=1S/C9H12.CH2O.Na.H2O2/c1-8(2)9-6-4-3-5-7-9;1-2;;1-2/h3-8H,1-2H3;1H2;;1-2H/q;;+1;/p-1. The molecule has 4 heteroatoms. The molecule has 0 saturated carbocycles. The average molecular weight is 206 g/mol. The molecule has 1 aromatic carbocycles. The topological polar surface area (TPSA) is 60.4 Å². The summed E-state index contributed by atoms with van der Waals surface area (Å²) >= 11 is 0. The van der Waals surface area contributed by atoms with E-state index >= 15 is 0 Å². The van der Waals surface area contributed by atoms with Crippen LogP contribution < -0.4 is 34.8 Å². The van der Waals surface area contributed by atoms with Gasteiger partial charge in [-0.3, -0.25) is 0 Å². The van der Waals surface area contributed by atoms with Gasteiger partial charge < -0.3 is 15.3 Å². The molecule has 0 aliphatic carbocycles. The van der Waals surface area contributed by atoms with Gasteiger partial charge in [0.25, 0.3) is 0 Å². The summed E-state index contributed by atoms with van der Waals surface area (Å²) in [5.41, 5.74) is 1.41. The molecule has 0 unspecified atom stereocenters. The zero-order chi connectivity index (χ0) is 10.7. The third kappa shape index (κ3) is 9.89. The van der Waals surface area contributed by atoms with Gasteiger partial charge in [-0.1, -0.05) is 44.2 Å². The van der Waals surface area contributed by atoms with Crippen LogP contribution in [0.25, 0.3) is 0 Å². The monoisotopic (exact) mass is 206 g/mol. The second-order valence-corrected chi connectivity index (χ2v) is 2.57. The Balaban J connectivity index is -0.000000216. The van der Waals surface area contributed by atoms with Crippen LogP contribution in [-0.4, -0.2) is 12.0 Å². The van der Waals surface area contributed by atoms with Crippen molar-refractivity contribution in [2.45, 2.75) is 19.8 Å². The van der Waals surface area contributed by atoms with E-state index in [0.29, 0.717) is 5.92 Å². The molecule has 1 rings (SSSR count). The maximum Gasteiger partial charge on any atom is 1.00 e. The maximum atomic E-state index is 8.00. The molecule has 14 heavy (non-hydrogen) atoms. The van der Waals surface area contributed by atoms with Crippen molar-refractivity contribution in [2.24, 2.45) is 0 Å². The van der Waals surface area contributed by atoms with Gasteiger partial charge in [-0.2, -0.15) is 0 Å². The van der Waals surface area contributed by atoms with Crippen LogP contribution >= 0.6 is 0 Å². The molecular weight excluding hydrogens is 191 g/mol. The molecule has 0 bridgehead atoms. The quantitative estimate of drug-likeness (QED) is 0.344. The van der Waals surface area contributed by atoms with Crippen LogP contribution in [0.1, 0.15) is 25.3 Å². The Bertz CT molecular complexity index is 190.